The normalized spacial score (nSPS) is 13.5. The average Bonchev–Trinajstić information content (AvgIpc) is 2.90. The molecule has 1 radical (unpaired) electrons. The summed E-state index contributed by atoms with van der Waals surface area (Å²) in [6.45, 7) is 5.32. The van der Waals surface area contributed by atoms with Crippen LogP contribution in [0.3, 0.4) is 0 Å². The first kappa shape index (κ1) is 34.6. The Balaban J connectivity index is 2.04. The van der Waals surface area contributed by atoms with Crippen LogP contribution in [0.1, 0.15) is 129 Å². The van der Waals surface area contributed by atoms with Gasteiger partial charge in [0.25, 0.3) is 0 Å². The highest BCUT2D eigenvalue weighted by atomic mass is 32.2. The Morgan fingerprint density at radius 1 is 0.784 bits per heavy atom. The van der Waals surface area contributed by atoms with Gasteiger partial charge in [0.05, 0.1) is 12.7 Å². The van der Waals surface area contributed by atoms with Gasteiger partial charge in [0, 0.05) is 11.9 Å². The summed E-state index contributed by atoms with van der Waals surface area (Å²) < 4.78 is 21.4. The van der Waals surface area contributed by atoms with Crippen molar-refractivity contribution in [2.24, 2.45) is 0 Å². The Morgan fingerprint density at radius 3 is 2.03 bits per heavy atom. The Labute approximate surface area is 234 Å². The number of benzene rings is 1. The van der Waals surface area contributed by atoms with E-state index in [-0.39, 0.29) is 12.7 Å². The molecule has 3 atom stereocenters. The van der Waals surface area contributed by atoms with Gasteiger partial charge in [-0.25, -0.2) is 4.57 Å². The molecule has 6 heteroatoms. The third kappa shape index (κ3) is 22.1. The fourth-order valence-corrected chi connectivity index (χ4v) is 6.35. The lowest BCUT2D eigenvalue weighted by atomic mass is 10.0. The van der Waals surface area contributed by atoms with Crippen LogP contribution in [-0.4, -0.2) is 35.2 Å². The molecule has 1 aromatic rings. The lowest BCUT2D eigenvalue weighted by Gasteiger charge is -2.24. The van der Waals surface area contributed by atoms with Crippen molar-refractivity contribution < 1.29 is 18.7 Å². The Morgan fingerprint density at radius 2 is 1.38 bits per heavy atom. The lowest BCUT2D eigenvalue weighted by Crippen LogP contribution is -2.24. The fraction of sp³-hybridized carbons (Fsp3) is 0.806. The molecule has 0 aliphatic rings. The minimum absolute atomic E-state index is 0.215. The molecule has 0 spiro atoms. The zero-order chi connectivity index (χ0) is 26.8. The molecular formula is C31H56O4PS. The van der Waals surface area contributed by atoms with Gasteiger partial charge in [-0.2, -0.15) is 11.8 Å². The van der Waals surface area contributed by atoms with Crippen LogP contribution in [-0.2, 0) is 20.2 Å². The lowest BCUT2D eigenvalue weighted by molar-refractivity contribution is 0.0543. The van der Waals surface area contributed by atoms with E-state index in [1.54, 1.807) is 0 Å². The van der Waals surface area contributed by atoms with Crippen LogP contribution in [0.15, 0.2) is 30.3 Å². The predicted octanol–water partition coefficient (Wildman–Crippen LogP) is 10.1. The molecule has 0 saturated heterocycles. The van der Waals surface area contributed by atoms with Crippen molar-refractivity contribution in [1.82, 2.24) is 0 Å². The van der Waals surface area contributed by atoms with E-state index >= 15 is 0 Å². The van der Waals surface area contributed by atoms with Crippen LogP contribution in [0.2, 0.25) is 0 Å². The minimum Gasteiger partial charge on any atom is -0.377 e. The smallest absolute Gasteiger partial charge is 0.366 e. The predicted molar refractivity (Wildman–Crippen MR) is 162 cm³/mol. The highest BCUT2D eigenvalue weighted by molar-refractivity contribution is 7.99. The van der Waals surface area contributed by atoms with Gasteiger partial charge in [-0.05, 0) is 50.3 Å². The van der Waals surface area contributed by atoms with E-state index in [0.717, 1.165) is 0 Å². The van der Waals surface area contributed by atoms with Crippen molar-refractivity contribution in [1.29, 1.82) is 0 Å². The molecule has 1 aromatic carbocycles. The highest BCUT2D eigenvalue weighted by Gasteiger charge is 2.18. The summed E-state index contributed by atoms with van der Waals surface area (Å²) in [7, 11) is -2.50. The molecule has 0 aliphatic heterocycles. The van der Waals surface area contributed by atoms with E-state index in [1.165, 1.54) is 120 Å². The molecular weight excluding hydrogens is 499 g/mol. The van der Waals surface area contributed by atoms with Gasteiger partial charge in [0.2, 0.25) is 0 Å². The number of ether oxygens (including phenoxy) is 1. The van der Waals surface area contributed by atoms with Crippen LogP contribution in [0.25, 0.3) is 0 Å². The van der Waals surface area contributed by atoms with Gasteiger partial charge in [0.1, 0.15) is 0 Å². The monoisotopic (exact) mass is 555 g/mol. The zero-order valence-corrected chi connectivity index (χ0v) is 25.6. The minimum atomic E-state index is -2.50. The van der Waals surface area contributed by atoms with Gasteiger partial charge in [-0.1, -0.05) is 121 Å². The van der Waals surface area contributed by atoms with Crippen LogP contribution in [0.4, 0.5) is 0 Å². The summed E-state index contributed by atoms with van der Waals surface area (Å²) in [5.74, 6) is 1.23. The highest BCUT2D eigenvalue weighted by Crippen LogP contribution is 2.25. The molecule has 0 fully saturated rings. The third-order valence-corrected chi connectivity index (χ3v) is 9.00. The molecule has 0 aromatic heterocycles. The fourth-order valence-electron chi connectivity index (χ4n) is 4.71. The second kappa shape index (κ2) is 25.8. The topological polar surface area (TPSA) is 55.8 Å². The van der Waals surface area contributed by atoms with Crippen molar-refractivity contribution in [2.45, 2.75) is 141 Å². The van der Waals surface area contributed by atoms with Gasteiger partial charge in [0.15, 0.2) is 0 Å². The second-order valence-electron chi connectivity index (χ2n) is 10.4. The summed E-state index contributed by atoms with van der Waals surface area (Å²) in [5, 5.41) is 0.541. The molecule has 37 heavy (non-hydrogen) atoms. The van der Waals surface area contributed by atoms with Crippen molar-refractivity contribution in [3.05, 3.63) is 35.9 Å². The maximum absolute atomic E-state index is 10.6. The summed E-state index contributed by atoms with van der Waals surface area (Å²) in [5.41, 5.74) is 1.48. The van der Waals surface area contributed by atoms with Gasteiger partial charge >= 0.3 is 8.25 Å². The number of rotatable bonds is 27. The van der Waals surface area contributed by atoms with Crippen molar-refractivity contribution >= 4 is 20.0 Å². The van der Waals surface area contributed by atoms with E-state index in [9.17, 15) is 4.57 Å². The molecule has 4 nitrogen and oxygen atoms in total. The van der Waals surface area contributed by atoms with E-state index in [1.807, 2.05) is 0 Å². The molecule has 1 rings (SSSR count). The molecule has 1 unspecified atom stereocenters. The third-order valence-electron chi connectivity index (χ3n) is 7.02. The second-order valence-corrected chi connectivity index (χ2v) is 12.5. The van der Waals surface area contributed by atoms with Gasteiger partial charge in [-0.3, -0.25) is 9.42 Å². The first-order valence-electron chi connectivity index (χ1n) is 15.2. The Hall–Kier alpha value is -0.450. The van der Waals surface area contributed by atoms with Gasteiger partial charge in [-0.15, -0.1) is 0 Å². The number of unbranched alkanes of at least 4 members (excludes halogenated alkanes) is 13. The maximum Gasteiger partial charge on any atom is 0.366 e. The number of aryl methyl sites for hydroxylation is 1. The summed E-state index contributed by atoms with van der Waals surface area (Å²) in [6.07, 6.45) is 23.6. The molecule has 215 valence electrons. The van der Waals surface area contributed by atoms with Crippen molar-refractivity contribution in [3.63, 3.8) is 0 Å². The van der Waals surface area contributed by atoms with Crippen LogP contribution in [0.5, 0.6) is 0 Å². The van der Waals surface area contributed by atoms with Crippen LogP contribution >= 0.6 is 20.0 Å². The van der Waals surface area contributed by atoms with E-state index < -0.39 is 8.25 Å². The van der Waals surface area contributed by atoms with Crippen molar-refractivity contribution in [2.75, 3.05) is 19.0 Å². The first-order valence-corrected chi connectivity index (χ1v) is 17.4. The maximum atomic E-state index is 10.6. The largest absolute Gasteiger partial charge is 0.377 e. The van der Waals surface area contributed by atoms with Crippen LogP contribution < -0.4 is 0 Å². The average molecular weight is 556 g/mol. The van der Waals surface area contributed by atoms with E-state index in [2.05, 4.69) is 55.9 Å². The first-order chi connectivity index (χ1) is 18.1. The van der Waals surface area contributed by atoms with E-state index in [4.69, 9.17) is 14.2 Å². The Bertz CT molecular complexity index is 631. The van der Waals surface area contributed by atoms with Crippen LogP contribution in [0, 0.1) is 0 Å². The van der Waals surface area contributed by atoms with Crippen molar-refractivity contribution in [3.8, 4) is 0 Å². The molecule has 0 amide bonds. The Kier molecular flexibility index (Phi) is 24.1. The zero-order valence-electron chi connectivity index (χ0n) is 23.9. The summed E-state index contributed by atoms with van der Waals surface area (Å²) >= 11 is 2.10. The summed E-state index contributed by atoms with van der Waals surface area (Å²) in [6, 6.07) is 10.9. The van der Waals surface area contributed by atoms with E-state index in [0.29, 0.717) is 18.3 Å². The molecule has 0 bridgehead atoms. The number of hydrogen-bond acceptors (Lipinski definition) is 4. The molecule has 0 aliphatic carbocycles. The molecule has 0 saturated carbocycles. The standard InChI is InChI=1S/C31H56O4PS/c1-3-4-5-12-19-25-31(29(2)34-26-21-27-35-36(32)33)37-28-20-14-11-9-7-6-8-10-13-16-22-30-23-17-15-18-24-30/h15,17-18,23-24,29,31H,3-14,16,19-22,25-28H2,1-2H3,(H,32,33)/t29-,31+/m0/s1. The van der Waals surface area contributed by atoms with Gasteiger partial charge < -0.3 is 4.74 Å². The number of hydrogen-bond donors (Lipinski definition) is 1. The molecule has 0 heterocycles. The quantitative estimate of drug-likeness (QED) is 0.0864. The summed E-state index contributed by atoms with van der Waals surface area (Å²) in [4.78, 5) is 8.72. The number of thioether (sulfide) groups is 1. The molecule has 1 N–H and O–H groups in total. The SMILES string of the molecule is CCCCCCC[C@@H](SCCCCCCCCCCCCc1ccccc1)[C@H](C)OCCCO[P](=O)O.